The quantitative estimate of drug-likeness (QED) is 0.536. The molecule has 140 valence electrons. The molecule has 0 fully saturated rings. The molecule has 0 saturated carbocycles. The van der Waals surface area contributed by atoms with Crippen LogP contribution in [0.25, 0.3) is 11.5 Å². The number of carbonyl (C=O) groups excluding carboxylic acids is 1. The molecule has 1 aromatic heterocycles. The molecular formula is C19H17BrFN3O2S. The first-order chi connectivity index (χ1) is 12.9. The summed E-state index contributed by atoms with van der Waals surface area (Å²) < 4.78 is 19.6. The zero-order valence-electron chi connectivity index (χ0n) is 14.6. The van der Waals surface area contributed by atoms with E-state index in [0.29, 0.717) is 11.1 Å². The molecule has 0 unspecified atom stereocenters. The number of halogens is 2. The molecule has 0 aliphatic carbocycles. The predicted octanol–water partition coefficient (Wildman–Crippen LogP) is 5.00. The van der Waals surface area contributed by atoms with Crippen LogP contribution in [-0.4, -0.2) is 21.4 Å². The van der Waals surface area contributed by atoms with Gasteiger partial charge in [-0.05, 0) is 49.7 Å². The summed E-state index contributed by atoms with van der Waals surface area (Å²) in [7, 11) is 0. The fourth-order valence-electron chi connectivity index (χ4n) is 2.37. The highest BCUT2D eigenvalue weighted by Crippen LogP contribution is 2.27. The minimum atomic E-state index is -0.427. The van der Waals surface area contributed by atoms with Gasteiger partial charge in [0, 0.05) is 10.0 Å². The molecule has 2 atom stereocenters. The lowest BCUT2D eigenvalue weighted by Gasteiger charge is -2.16. The fourth-order valence-corrected chi connectivity index (χ4v) is 3.46. The van der Waals surface area contributed by atoms with Crippen LogP contribution in [0.15, 0.2) is 62.6 Å². The maximum atomic E-state index is 13.0. The number of rotatable bonds is 6. The van der Waals surface area contributed by atoms with E-state index in [1.807, 2.05) is 31.2 Å². The van der Waals surface area contributed by atoms with Gasteiger partial charge in [-0.3, -0.25) is 4.79 Å². The van der Waals surface area contributed by atoms with E-state index in [-0.39, 0.29) is 17.8 Å². The Morgan fingerprint density at radius 2 is 1.93 bits per heavy atom. The van der Waals surface area contributed by atoms with E-state index in [0.717, 1.165) is 15.6 Å². The molecule has 5 nitrogen and oxygen atoms in total. The van der Waals surface area contributed by atoms with Crippen molar-refractivity contribution in [2.75, 3.05) is 0 Å². The van der Waals surface area contributed by atoms with Crippen molar-refractivity contribution in [2.45, 2.75) is 30.4 Å². The number of carbonyl (C=O) groups is 1. The van der Waals surface area contributed by atoms with Crippen LogP contribution in [0.1, 0.15) is 25.5 Å². The summed E-state index contributed by atoms with van der Waals surface area (Å²) in [4.78, 5) is 12.4. The summed E-state index contributed by atoms with van der Waals surface area (Å²) in [6.07, 6.45) is 0. The van der Waals surface area contributed by atoms with Crippen LogP contribution in [-0.2, 0) is 4.79 Å². The topological polar surface area (TPSA) is 68.0 Å². The average Bonchev–Trinajstić information content (AvgIpc) is 3.10. The number of aromatic nitrogens is 2. The lowest BCUT2D eigenvalue weighted by Crippen LogP contribution is -2.33. The molecule has 27 heavy (non-hydrogen) atoms. The molecule has 3 rings (SSSR count). The number of nitrogens with one attached hydrogen (secondary N) is 1. The maximum absolute atomic E-state index is 13.0. The highest BCUT2D eigenvalue weighted by atomic mass is 79.9. The van der Waals surface area contributed by atoms with Crippen molar-refractivity contribution in [3.8, 4) is 11.5 Å². The van der Waals surface area contributed by atoms with Gasteiger partial charge < -0.3 is 9.73 Å². The van der Waals surface area contributed by atoms with E-state index in [4.69, 9.17) is 4.42 Å². The van der Waals surface area contributed by atoms with Crippen LogP contribution in [0, 0.1) is 5.82 Å². The summed E-state index contributed by atoms with van der Waals surface area (Å²) in [5, 5.41) is 10.8. The third-order valence-electron chi connectivity index (χ3n) is 3.85. The molecule has 0 aliphatic heterocycles. The third-order valence-corrected chi connectivity index (χ3v) is 5.28. The van der Waals surface area contributed by atoms with Gasteiger partial charge in [0.1, 0.15) is 5.82 Å². The lowest BCUT2D eigenvalue weighted by atomic mass is 10.1. The van der Waals surface area contributed by atoms with Crippen molar-refractivity contribution in [3.63, 3.8) is 0 Å². The van der Waals surface area contributed by atoms with E-state index < -0.39 is 5.25 Å². The molecule has 0 radical (unpaired) electrons. The fraction of sp³-hybridized carbons (Fsp3) is 0.211. The normalized spacial score (nSPS) is 13.2. The van der Waals surface area contributed by atoms with Crippen molar-refractivity contribution in [1.82, 2.24) is 15.5 Å². The Labute approximate surface area is 168 Å². The zero-order valence-corrected chi connectivity index (χ0v) is 17.1. The minimum absolute atomic E-state index is 0.168. The van der Waals surface area contributed by atoms with E-state index in [9.17, 15) is 9.18 Å². The van der Waals surface area contributed by atoms with E-state index >= 15 is 0 Å². The molecule has 8 heteroatoms. The Hall–Kier alpha value is -2.19. The smallest absolute Gasteiger partial charge is 0.277 e. The van der Waals surface area contributed by atoms with Gasteiger partial charge in [0.05, 0.1) is 11.3 Å². The van der Waals surface area contributed by atoms with Crippen molar-refractivity contribution in [2.24, 2.45) is 0 Å². The minimum Gasteiger partial charge on any atom is -0.411 e. The number of hydrogen-bond acceptors (Lipinski definition) is 5. The molecule has 0 bridgehead atoms. The Kier molecular flexibility index (Phi) is 6.28. The maximum Gasteiger partial charge on any atom is 0.277 e. The standard InChI is InChI=1S/C19H17BrFN3O2S/c1-11(13-6-8-16(21)9-7-13)22-17(25)12(2)27-19-24-23-18(26-19)14-4-3-5-15(20)10-14/h3-12H,1-2H3,(H,22,25)/t11-,12+/m1/s1. The van der Waals surface area contributed by atoms with Crippen molar-refractivity contribution < 1.29 is 13.6 Å². The van der Waals surface area contributed by atoms with Gasteiger partial charge in [0.25, 0.3) is 5.22 Å². The summed E-state index contributed by atoms with van der Waals surface area (Å²) in [6, 6.07) is 13.3. The first-order valence-corrected chi connectivity index (χ1v) is 9.91. The Bertz CT molecular complexity index is 933. The van der Waals surface area contributed by atoms with Crippen molar-refractivity contribution in [3.05, 3.63) is 64.4 Å². The van der Waals surface area contributed by atoms with E-state index in [1.165, 1.54) is 23.9 Å². The summed E-state index contributed by atoms with van der Waals surface area (Å²) >= 11 is 4.59. The summed E-state index contributed by atoms with van der Waals surface area (Å²) in [5.41, 5.74) is 1.63. The molecule has 3 aromatic rings. The Morgan fingerprint density at radius 3 is 2.63 bits per heavy atom. The van der Waals surface area contributed by atoms with Gasteiger partial charge in [-0.25, -0.2) is 4.39 Å². The number of hydrogen-bond donors (Lipinski definition) is 1. The first-order valence-electron chi connectivity index (χ1n) is 8.24. The second-order valence-corrected chi connectivity index (χ2v) is 8.13. The van der Waals surface area contributed by atoms with E-state index in [1.54, 1.807) is 19.1 Å². The largest absolute Gasteiger partial charge is 0.411 e. The molecule has 1 heterocycles. The van der Waals surface area contributed by atoms with Crippen LogP contribution in [0.4, 0.5) is 4.39 Å². The van der Waals surface area contributed by atoms with Gasteiger partial charge in [0.2, 0.25) is 11.8 Å². The molecule has 0 saturated heterocycles. The zero-order chi connectivity index (χ0) is 19.4. The summed E-state index contributed by atoms with van der Waals surface area (Å²) in [6.45, 7) is 3.61. The Balaban J connectivity index is 1.60. The van der Waals surface area contributed by atoms with Crippen molar-refractivity contribution in [1.29, 1.82) is 0 Å². The molecule has 1 N–H and O–H groups in total. The number of thioether (sulfide) groups is 1. The highest BCUT2D eigenvalue weighted by molar-refractivity contribution is 9.10. The first kappa shape index (κ1) is 19.6. The lowest BCUT2D eigenvalue weighted by molar-refractivity contribution is -0.120. The van der Waals surface area contributed by atoms with Crippen LogP contribution < -0.4 is 5.32 Å². The van der Waals surface area contributed by atoms with Crippen LogP contribution >= 0.6 is 27.7 Å². The Morgan fingerprint density at radius 1 is 1.19 bits per heavy atom. The predicted molar refractivity (Wildman–Crippen MR) is 106 cm³/mol. The van der Waals surface area contributed by atoms with Gasteiger partial charge in [-0.1, -0.05) is 45.9 Å². The summed E-state index contributed by atoms with van der Waals surface area (Å²) in [5.74, 6) is -0.0797. The average molecular weight is 450 g/mol. The van der Waals surface area contributed by atoms with Gasteiger partial charge in [-0.15, -0.1) is 10.2 Å². The van der Waals surface area contributed by atoms with Crippen LogP contribution in [0.3, 0.4) is 0 Å². The molecule has 2 aromatic carbocycles. The SMILES string of the molecule is C[C@H](Sc1nnc(-c2cccc(Br)c2)o1)C(=O)N[C@H](C)c1ccc(F)cc1. The number of nitrogens with zero attached hydrogens (tertiary/aromatic N) is 2. The van der Waals surface area contributed by atoms with E-state index in [2.05, 4.69) is 31.4 Å². The monoisotopic (exact) mass is 449 g/mol. The molecule has 0 spiro atoms. The van der Waals surface area contributed by atoms with Gasteiger partial charge in [-0.2, -0.15) is 0 Å². The second-order valence-electron chi connectivity index (χ2n) is 5.93. The highest BCUT2D eigenvalue weighted by Gasteiger charge is 2.20. The second kappa shape index (κ2) is 8.67. The van der Waals surface area contributed by atoms with Crippen molar-refractivity contribution >= 4 is 33.6 Å². The number of benzene rings is 2. The van der Waals surface area contributed by atoms with Crippen LogP contribution in [0.5, 0.6) is 0 Å². The molecule has 0 aliphatic rings. The van der Waals surface area contributed by atoms with Gasteiger partial charge in [0.15, 0.2) is 0 Å². The third kappa shape index (κ3) is 5.17. The number of amides is 1. The van der Waals surface area contributed by atoms with Gasteiger partial charge >= 0.3 is 0 Å². The van der Waals surface area contributed by atoms with Crippen LogP contribution in [0.2, 0.25) is 0 Å². The molecule has 1 amide bonds. The molecular weight excluding hydrogens is 433 g/mol.